The van der Waals surface area contributed by atoms with Gasteiger partial charge in [-0.25, -0.2) is 4.98 Å². The highest BCUT2D eigenvalue weighted by molar-refractivity contribution is 7.11. The zero-order chi connectivity index (χ0) is 13.9. The lowest BCUT2D eigenvalue weighted by Crippen LogP contribution is -2.23. The van der Waals surface area contributed by atoms with Gasteiger partial charge >= 0.3 is 0 Å². The minimum absolute atomic E-state index is 0.0973. The number of para-hydroxylation sites is 1. The number of amides is 1. The number of fused-ring (bicyclic) bond motifs is 1. The number of pyridine rings is 1. The van der Waals surface area contributed by atoms with Crippen molar-refractivity contribution in [3.05, 3.63) is 58.2 Å². The number of hydrogen-bond acceptors (Lipinski definition) is 4. The average molecular weight is 283 g/mol. The van der Waals surface area contributed by atoms with E-state index in [0.717, 1.165) is 22.3 Å². The van der Waals surface area contributed by atoms with E-state index in [1.807, 2.05) is 43.3 Å². The summed E-state index contributed by atoms with van der Waals surface area (Å²) in [5, 5.41) is 3.97. The van der Waals surface area contributed by atoms with Crippen molar-refractivity contribution in [2.45, 2.75) is 13.5 Å². The maximum Gasteiger partial charge on any atom is 0.263 e. The van der Waals surface area contributed by atoms with Gasteiger partial charge in [-0.1, -0.05) is 24.3 Å². The third kappa shape index (κ3) is 2.53. The van der Waals surface area contributed by atoms with Gasteiger partial charge in [0.2, 0.25) is 0 Å². The number of aryl methyl sites for hydroxylation is 1. The van der Waals surface area contributed by atoms with Gasteiger partial charge in [-0.2, -0.15) is 0 Å². The summed E-state index contributed by atoms with van der Waals surface area (Å²) in [5.41, 5.74) is 4.23. The second-order valence-electron chi connectivity index (χ2n) is 4.44. The number of benzene rings is 1. The Hall–Kier alpha value is -2.27. The molecule has 1 aromatic carbocycles. The van der Waals surface area contributed by atoms with Gasteiger partial charge < -0.3 is 5.32 Å². The zero-order valence-electron chi connectivity index (χ0n) is 11.0. The summed E-state index contributed by atoms with van der Waals surface area (Å²) in [4.78, 5) is 21.3. The molecule has 4 nitrogen and oxygen atoms in total. The maximum absolute atomic E-state index is 12.0. The highest BCUT2D eigenvalue weighted by Crippen LogP contribution is 2.13. The number of carbonyl (C=O) groups excluding carboxylic acids is 1. The number of nitrogens with one attached hydrogen (secondary N) is 1. The summed E-state index contributed by atoms with van der Waals surface area (Å²) < 4.78 is 0. The second-order valence-corrected chi connectivity index (χ2v) is 5.30. The third-order valence-corrected chi connectivity index (χ3v) is 3.97. The van der Waals surface area contributed by atoms with Gasteiger partial charge in [-0.3, -0.25) is 9.78 Å². The molecule has 0 fully saturated rings. The molecule has 2 aromatic heterocycles. The van der Waals surface area contributed by atoms with Crippen LogP contribution in [0, 0.1) is 6.92 Å². The highest BCUT2D eigenvalue weighted by Gasteiger charge is 2.11. The van der Waals surface area contributed by atoms with Gasteiger partial charge in [-0.05, 0) is 19.1 Å². The van der Waals surface area contributed by atoms with Gasteiger partial charge in [0.25, 0.3) is 5.91 Å². The molecule has 0 bridgehead atoms. The van der Waals surface area contributed by atoms with Crippen molar-refractivity contribution >= 4 is 28.1 Å². The lowest BCUT2D eigenvalue weighted by Gasteiger charge is -2.05. The molecular weight excluding hydrogens is 270 g/mol. The summed E-state index contributed by atoms with van der Waals surface area (Å²) in [6, 6.07) is 11.9. The molecule has 0 radical (unpaired) electrons. The Bertz CT molecular complexity index is 766. The zero-order valence-corrected chi connectivity index (χ0v) is 11.8. The van der Waals surface area contributed by atoms with E-state index >= 15 is 0 Å². The van der Waals surface area contributed by atoms with E-state index in [0.29, 0.717) is 11.4 Å². The molecule has 100 valence electrons. The molecule has 5 heteroatoms. The Morgan fingerprint density at radius 1 is 1.25 bits per heavy atom. The molecule has 0 saturated heterocycles. The molecule has 1 amide bonds. The predicted molar refractivity (Wildman–Crippen MR) is 79.8 cm³/mol. The quantitative estimate of drug-likeness (QED) is 0.804. The van der Waals surface area contributed by atoms with Crippen LogP contribution in [0.2, 0.25) is 0 Å². The number of nitrogens with zero attached hydrogens (tertiary/aromatic N) is 2. The molecule has 0 saturated carbocycles. The van der Waals surface area contributed by atoms with Crippen LogP contribution in [-0.2, 0) is 6.54 Å². The Balaban J connectivity index is 1.74. The van der Waals surface area contributed by atoms with Crippen LogP contribution in [0.15, 0.2) is 41.9 Å². The summed E-state index contributed by atoms with van der Waals surface area (Å²) in [6.07, 6.45) is 0. The summed E-state index contributed by atoms with van der Waals surface area (Å²) in [5.74, 6) is -0.0973. The number of hydrogen-bond donors (Lipinski definition) is 1. The largest absolute Gasteiger partial charge is 0.346 e. The molecule has 1 N–H and O–H groups in total. The maximum atomic E-state index is 12.0. The van der Waals surface area contributed by atoms with Gasteiger partial charge in [0.15, 0.2) is 0 Å². The summed E-state index contributed by atoms with van der Waals surface area (Å²) in [7, 11) is 0. The standard InChI is InChI=1S/C15H13N3OS/c1-10-14(20-9-17-10)15(19)16-8-12-7-6-11-4-2-3-5-13(11)18-12/h2-7,9H,8H2,1H3,(H,16,19). The van der Waals surface area contributed by atoms with Gasteiger partial charge in [0.1, 0.15) is 4.88 Å². The molecule has 0 aliphatic carbocycles. The van der Waals surface area contributed by atoms with Crippen LogP contribution >= 0.6 is 11.3 Å². The first-order valence-electron chi connectivity index (χ1n) is 6.27. The van der Waals surface area contributed by atoms with Crippen LogP contribution in [0.5, 0.6) is 0 Å². The SMILES string of the molecule is Cc1ncsc1C(=O)NCc1ccc2ccccc2n1. The fraction of sp³-hybridized carbons (Fsp3) is 0.133. The Labute approximate surface area is 120 Å². The first-order valence-corrected chi connectivity index (χ1v) is 7.15. The van der Waals surface area contributed by atoms with Crippen molar-refractivity contribution in [3.8, 4) is 0 Å². The van der Waals surface area contributed by atoms with E-state index in [1.165, 1.54) is 11.3 Å². The average Bonchev–Trinajstić information content (AvgIpc) is 2.91. The van der Waals surface area contributed by atoms with Crippen molar-refractivity contribution in [3.63, 3.8) is 0 Å². The Kier molecular flexibility index (Phi) is 3.43. The van der Waals surface area contributed by atoms with E-state index < -0.39 is 0 Å². The molecule has 0 unspecified atom stereocenters. The van der Waals surface area contributed by atoms with Crippen LogP contribution in [0.4, 0.5) is 0 Å². The molecule has 0 aliphatic heterocycles. The molecular formula is C15H13N3OS. The monoisotopic (exact) mass is 283 g/mol. The van der Waals surface area contributed by atoms with Crippen LogP contribution in [0.1, 0.15) is 21.1 Å². The first kappa shape index (κ1) is 12.7. The third-order valence-electron chi connectivity index (χ3n) is 3.04. The van der Waals surface area contributed by atoms with Crippen LogP contribution in [-0.4, -0.2) is 15.9 Å². The smallest absolute Gasteiger partial charge is 0.263 e. The van der Waals surface area contributed by atoms with Gasteiger partial charge in [0.05, 0.1) is 29.0 Å². The second kappa shape index (κ2) is 5.38. The normalized spacial score (nSPS) is 10.7. The first-order chi connectivity index (χ1) is 9.74. The van der Waals surface area contributed by atoms with Crippen LogP contribution in [0.25, 0.3) is 10.9 Å². The Morgan fingerprint density at radius 3 is 2.90 bits per heavy atom. The minimum Gasteiger partial charge on any atom is -0.346 e. The van der Waals surface area contributed by atoms with Crippen LogP contribution in [0.3, 0.4) is 0 Å². The van der Waals surface area contributed by atoms with Crippen molar-refractivity contribution in [1.29, 1.82) is 0 Å². The highest BCUT2D eigenvalue weighted by atomic mass is 32.1. The lowest BCUT2D eigenvalue weighted by atomic mass is 10.2. The topological polar surface area (TPSA) is 54.9 Å². The van der Waals surface area contributed by atoms with E-state index in [-0.39, 0.29) is 5.91 Å². The number of aromatic nitrogens is 2. The molecule has 3 aromatic rings. The summed E-state index contributed by atoms with van der Waals surface area (Å²) in [6.45, 7) is 2.25. The van der Waals surface area contributed by atoms with E-state index in [4.69, 9.17) is 0 Å². The van der Waals surface area contributed by atoms with Gasteiger partial charge in [-0.15, -0.1) is 11.3 Å². The fourth-order valence-corrected chi connectivity index (χ4v) is 2.70. The van der Waals surface area contributed by atoms with Crippen molar-refractivity contribution < 1.29 is 4.79 Å². The van der Waals surface area contributed by atoms with Gasteiger partial charge in [0, 0.05) is 5.39 Å². The van der Waals surface area contributed by atoms with Crippen LogP contribution < -0.4 is 5.32 Å². The summed E-state index contributed by atoms with van der Waals surface area (Å²) >= 11 is 1.35. The minimum atomic E-state index is -0.0973. The molecule has 2 heterocycles. The van der Waals surface area contributed by atoms with E-state index in [9.17, 15) is 4.79 Å². The van der Waals surface area contributed by atoms with E-state index in [2.05, 4.69) is 15.3 Å². The van der Waals surface area contributed by atoms with Crippen molar-refractivity contribution in [1.82, 2.24) is 15.3 Å². The van der Waals surface area contributed by atoms with Crippen molar-refractivity contribution in [2.75, 3.05) is 0 Å². The lowest BCUT2D eigenvalue weighted by molar-refractivity contribution is 0.0953. The number of rotatable bonds is 3. The van der Waals surface area contributed by atoms with Crippen molar-refractivity contribution in [2.24, 2.45) is 0 Å². The molecule has 0 atom stereocenters. The number of carbonyl (C=O) groups is 1. The molecule has 0 aliphatic rings. The molecule has 3 rings (SSSR count). The fourth-order valence-electron chi connectivity index (χ4n) is 1.98. The number of thiazole rings is 1. The molecule has 0 spiro atoms. The van der Waals surface area contributed by atoms with E-state index in [1.54, 1.807) is 5.51 Å². The molecule has 20 heavy (non-hydrogen) atoms. The Morgan fingerprint density at radius 2 is 2.10 bits per heavy atom. The predicted octanol–water partition coefficient (Wildman–Crippen LogP) is 2.93.